The molecule has 1 atom stereocenters. The third kappa shape index (κ3) is 2.60. The molecule has 1 aliphatic heterocycles. The highest BCUT2D eigenvalue weighted by molar-refractivity contribution is 5.31. The van der Waals surface area contributed by atoms with E-state index in [2.05, 4.69) is 37.4 Å². The molecule has 2 rings (SSSR count). The molecule has 1 aromatic rings. The van der Waals surface area contributed by atoms with Gasteiger partial charge in [-0.1, -0.05) is 23.8 Å². The Kier molecular flexibility index (Phi) is 3.42. The van der Waals surface area contributed by atoms with E-state index in [0.29, 0.717) is 6.04 Å². The van der Waals surface area contributed by atoms with Crippen LogP contribution in [-0.2, 0) is 0 Å². The minimum atomic E-state index is 0.716. The highest BCUT2D eigenvalue weighted by Crippen LogP contribution is 2.22. The summed E-state index contributed by atoms with van der Waals surface area (Å²) in [6, 6.07) is 7.61. The molecule has 1 saturated heterocycles. The molecular formula is C14H22N+. The maximum atomic E-state index is 2.53. The minimum absolute atomic E-state index is 0.716. The number of hydrogen-bond donors (Lipinski definition) is 1. The van der Waals surface area contributed by atoms with Crippen molar-refractivity contribution in [1.82, 2.24) is 0 Å². The molecular weight excluding hydrogens is 182 g/mol. The number of nitrogens with two attached hydrogens (primary N) is 1. The summed E-state index contributed by atoms with van der Waals surface area (Å²) in [4.78, 5) is 0. The molecule has 1 fully saturated rings. The monoisotopic (exact) mass is 204 g/mol. The Hall–Kier alpha value is -0.820. The molecule has 0 bridgehead atoms. The molecule has 82 valence electrons. The summed E-state index contributed by atoms with van der Waals surface area (Å²) in [5, 5.41) is 2.53. The Morgan fingerprint density at radius 3 is 2.80 bits per heavy atom. The molecule has 1 heterocycles. The van der Waals surface area contributed by atoms with Gasteiger partial charge in [-0.05, 0) is 38.7 Å². The van der Waals surface area contributed by atoms with Gasteiger partial charge in [0.25, 0.3) is 0 Å². The van der Waals surface area contributed by atoms with E-state index >= 15 is 0 Å². The van der Waals surface area contributed by atoms with Crippen LogP contribution in [0.4, 0.5) is 0 Å². The quantitative estimate of drug-likeness (QED) is 0.724. The van der Waals surface area contributed by atoms with Gasteiger partial charge < -0.3 is 5.32 Å². The molecule has 0 saturated carbocycles. The van der Waals surface area contributed by atoms with Crippen LogP contribution >= 0.6 is 0 Å². The maximum absolute atomic E-state index is 2.53. The van der Waals surface area contributed by atoms with Crippen molar-refractivity contribution in [3.63, 3.8) is 0 Å². The summed E-state index contributed by atoms with van der Waals surface area (Å²) in [6.07, 6.45) is 5.55. The highest BCUT2D eigenvalue weighted by Gasteiger charge is 2.18. The van der Waals surface area contributed by atoms with Crippen LogP contribution in [0.3, 0.4) is 0 Å². The Morgan fingerprint density at radius 2 is 2.00 bits per heavy atom. The fraction of sp³-hybridized carbons (Fsp3) is 0.571. The number of quaternary nitrogens is 1. The van der Waals surface area contributed by atoms with E-state index in [9.17, 15) is 0 Å². The molecule has 0 amide bonds. The predicted octanol–water partition coefficient (Wildman–Crippen LogP) is 2.48. The van der Waals surface area contributed by atoms with Gasteiger partial charge >= 0.3 is 0 Å². The smallest absolute Gasteiger partial charge is 0.112 e. The second-order valence-corrected chi connectivity index (χ2v) is 4.84. The Labute approximate surface area is 92.9 Å². The van der Waals surface area contributed by atoms with E-state index in [1.807, 2.05) is 0 Å². The number of hydrogen-bond acceptors (Lipinski definition) is 0. The molecule has 2 N–H and O–H groups in total. The molecule has 0 aromatic heterocycles. The van der Waals surface area contributed by atoms with Crippen molar-refractivity contribution < 1.29 is 5.32 Å². The van der Waals surface area contributed by atoms with Crippen molar-refractivity contribution in [2.45, 2.75) is 45.6 Å². The lowest BCUT2D eigenvalue weighted by atomic mass is 9.96. The lowest BCUT2D eigenvalue weighted by Gasteiger charge is -2.15. The van der Waals surface area contributed by atoms with E-state index in [-0.39, 0.29) is 0 Å². The van der Waals surface area contributed by atoms with Gasteiger partial charge in [0, 0.05) is 12.0 Å². The summed E-state index contributed by atoms with van der Waals surface area (Å²) in [6.45, 7) is 5.73. The van der Waals surface area contributed by atoms with Crippen LogP contribution in [0.25, 0.3) is 0 Å². The van der Waals surface area contributed by atoms with Gasteiger partial charge in [-0.25, -0.2) is 0 Å². The largest absolute Gasteiger partial charge is 0.340 e. The van der Waals surface area contributed by atoms with Crippen LogP contribution in [0, 0.1) is 13.8 Å². The van der Waals surface area contributed by atoms with Crippen LogP contribution in [0.2, 0.25) is 0 Å². The fourth-order valence-electron chi connectivity index (χ4n) is 2.65. The molecule has 1 aliphatic rings. The zero-order chi connectivity index (χ0) is 10.7. The van der Waals surface area contributed by atoms with Crippen LogP contribution in [-0.4, -0.2) is 6.54 Å². The van der Waals surface area contributed by atoms with Crippen LogP contribution in [0.5, 0.6) is 0 Å². The van der Waals surface area contributed by atoms with E-state index < -0.39 is 0 Å². The average Bonchev–Trinajstić information content (AvgIpc) is 2.46. The van der Waals surface area contributed by atoms with E-state index in [1.54, 1.807) is 5.56 Å². The topological polar surface area (TPSA) is 16.6 Å². The van der Waals surface area contributed by atoms with Crippen molar-refractivity contribution in [1.29, 1.82) is 0 Å². The van der Waals surface area contributed by atoms with Crippen molar-refractivity contribution in [3.05, 3.63) is 34.9 Å². The zero-order valence-electron chi connectivity index (χ0n) is 9.92. The second-order valence-electron chi connectivity index (χ2n) is 4.84. The molecule has 1 aromatic carbocycles. The van der Waals surface area contributed by atoms with Crippen molar-refractivity contribution in [3.8, 4) is 0 Å². The third-order valence-electron chi connectivity index (χ3n) is 3.50. The van der Waals surface area contributed by atoms with Gasteiger partial charge in [-0.2, -0.15) is 0 Å². The first kappa shape index (κ1) is 10.7. The number of benzene rings is 1. The van der Waals surface area contributed by atoms with Gasteiger partial charge in [-0.3, -0.25) is 0 Å². The van der Waals surface area contributed by atoms with E-state index in [0.717, 1.165) is 0 Å². The summed E-state index contributed by atoms with van der Waals surface area (Å²) >= 11 is 0. The van der Waals surface area contributed by atoms with Gasteiger partial charge in [-0.15, -0.1) is 0 Å². The normalized spacial score (nSPS) is 22.4. The van der Waals surface area contributed by atoms with E-state index in [1.165, 1.54) is 43.4 Å². The first-order valence-corrected chi connectivity index (χ1v) is 6.18. The Morgan fingerprint density at radius 1 is 1.13 bits per heavy atom. The van der Waals surface area contributed by atoms with Crippen molar-refractivity contribution in [2.75, 3.05) is 6.54 Å². The Balaban J connectivity index is 2.19. The van der Waals surface area contributed by atoms with Gasteiger partial charge in [0.05, 0.1) is 6.54 Å². The molecule has 0 aliphatic carbocycles. The molecule has 1 heteroatoms. The molecule has 0 spiro atoms. The first-order valence-electron chi connectivity index (χ1n) is 6.18. The number of rotatable bonds is 1. The highest BCUT2D eigenvalue weighted by atomic mass is 14.9. The summed E-state index contributed by atoms with van der Waals surface area (Å²) < 4.78 is 0. The predicted molar refractivity (Wildman–Crippen MR) is 63.9 cm³/mol. The lowest BCUT2D eigenvalue weighted by molar-refractivity contribution is -0.694. The van der Waals surface area contributed by atoms with Gasteiger partial charge in [0.1, 0.15) is 6.04 Å². The fourth-order valence-corrected chi connectivity index (χ4v) is 2.65. The van der Waals surface area contributed by atoms with Crippen LogP contribution < -0.4 is 5.32 Å². The summed E-state index contributed by atoms with van der Waals surface area (Å²) in [7, 11) is 0. The standard InChI is InChI=1S/C14H21N/c1-11-7-8-13(12(2)10-11)14-6-4-3-5-9-15-14/h7-8,10,14-15H,3-6,9H2,1-2H3/p+1/t14-/m0/s1. The average molecular weight is 204 g/mol. The zero-order valence-corrected chi connectivity index (χ0v) is 9.92. The van der Waals surface area contributed by atoms with Gasteiger partial charge in [0.15, 0.2) is 0 Å². The minimum Gasteiger partial charge on any atom is -0.340 e. The van der Waals surface area contributed by atoms with Gasteiger partial charge in [0.2, 0.25) is 0 Å². The SMILES string of the molecule is Cc1ccc([C@@H]2CCCCC[NH2+]2)c(C)c1. The summed E-state index contributed by atoms with van der Waals surface area (Å²) in [5.41, 5.74) is 4.41. The lowest BCUT2D eigenvalue weighted by Crippen LogP contribution is -2.84. The molecule has 1 nitrogen and oxygen atoms in total. The maximum Gasteiger partial charge on any atom is 0.112 e. The Bertz CT molecular complexity index is 322. The van der Waals surface area contributed by atoms with Crippen molar-refractivity contribution in [2.24, 2.45) is 0 Å². The molecule has 0 radical (unpaired) electrons. The number of aryl methyl sites for hydroxylation is 2. The van der Waals surface area contributed by atoms with Crippen LogP contribution in [0.15, 0.2) is 18.2 Å². The second kappa shape index (κ2) is 4.80. The van der Waals surface area contributed by atoms with Crippen molar-refractivity contribution >= 4 is 0 Å². The first-order chi connectivity index (χ1) is 7.27. The molecule has 15 heavy (non-hydrogen) atoms. The summed E-state index contributed by atoms with van der Waals surface area (Å²) in [5.74, 6) is 0. The van der Waals surface area contributed by atoms with Crippen LogP contribution in [0.1, 0.15) is 48.4 Å². The third-order valence-corrected chi connectivity index (χ3v) is 3.50. The molecule has 0 unspecified atom stereocenters. The van der Waals surface area contributed by atoms with E-state index in [4.69, 9.17) is 0 Å².